The van der Waals surface area contributed by atoms with Gasteiger partial charge >= 0.3 is 0 Å². The molecule has 1 atom stereocenters. The summed E-state index contributed by atoms with van der Waals surface area (Å²) in [4.78, 5) is 46.6. The minimum absolute atomic E-state index is 0.0296. The topological polar surface area (TPSA) is 142 Å². The second-order valence-corrected chi connectivity index (χ2v) is 9.34. The summed E-state index contributed by atoms with van der Waals surface area (Å²) in [7, 11) is 0. The van der Waals surface area contributed by atoms with Gasteiger partial charge in [0.05, 0.1) is 22.1 Å². The van der Waals surface area contributed by atoms with Crippen molar-refractivity contribution in [3.05, 3.63) is 117 Å². The number of halogens is 1. The van der Waals surface area contributed by atoms with E-state index in [1.165, 1.54) is 31.0 Å². The third-order valence-corrected chi connectivity index (χ3v) is 6.97. The van der Waals surface area contributed by atoms with E-state index in [-0.39, 0.29) is 16.8 Å². The van der Waals surface area contributed by atoms with Crippen LogP contribution < -0.4 is 16.3 Å². The second kappa shape index (κ2) is 10.1. The zero-order chi connectivity index (χ0) is 27.8. The van der Waals surface area contributed by atoms with Crippen molar-refractivity contribution >= 4 is 39.2 Å². The lowest BCUT2D eigenvalue weighted by Gasteiger charge is -2.24. The zero-order valence-electron chi connectivity index (χ0n) is 21.0. The lowest BCUT2D eigenvalue weighted by molar-refractivity contribution is 0.774. The number of nitrogens with one attached hydrogen (secondary N) is 2. The molecule has 2 N–H and O–H groups in total. The molecule has 0 bridgehead atoms. The Kier molecular flexibility index (Phi) is 6.26. The molecule has 0 unspecified atom stereocenters. The van der Waals surface area contributed by atoms with E-state index in [4.69, 9.17) is 16.9 Å². The third-order valence-electron chi connectivity index (χ3n) is 6.57. The van der Waals surface area contributed by atoms with Gasteiger partial charge in [-0.1, -0.05) is 48.0 Å². The Hall–Kier alpha value is -5.40. The Morgan fingerprint density at radius 3 is 2.50 bits per heavy atom. The number of H-pyrrole nitrogens is 1. The number of nitriles is 1. The number of hydrogen-bond acceptors (Lipinski definition) is 8. The van der Waals surface area contributed by atoms with Gasteiger partial charge in [0.25, 0.3) is 5.56 Å². The smallest absolute Gasteiger partial charge is 0.263 e. The van der Waals surface area contributed by atoms with Gasteiger partial charge in [0.1, 0.15) is 29.2 Å². The average molecular weight is 547 g/mol. The fourth-order valence-electron chi connectivity index (χ4n) is 4.80. The van der Waals surface area contributed by atoms with Crippen LogP contribution in [0.1, 0.15) is 24.5 Å². The average Bonchev–Trinajstić information content (AvgIpc) is 2.99. The first kappa shape index (κ1) is 24.9. The second-order valence-electron chi connectivity index (χ2n) is 8.96. The number of anilines is 1. The van der Waals surface area contributed by atoms with Crippen molar-refractivity contribution in [3.8, 4) is 22.9 Å². The van der Waals surface area contributed by atoms with Crippen LogP contribution in [0.2, 0.25) is 5.02 Å². The number of aromatic amines is 1. The van der Waals surface area contributed by atoms with Gasteiger partial charge in [-0.15, -0.1) is 0 Å². The van der Waals surface area contributed by atoms with E-state index in [0.717, 1.165) is 0 Å². The van der Waals surface area contributed by atoms with Crippen molar-refractivity contribution in [1.29, 1.82) is 5.26 Å². The normalized spacial score (nSPS) is 11.8. The summed E-state index contributed by atoms with van der Waals surface area (Å²) < 4.78 is 1.56. The van der Waals surface area contributed by atoms with Gasteiger partial charge in [0.15, 0.2) is 5.43 Å². The van der Waals surface area contributed by atoms with E-state index in [9.17, 15) is 9.59 Å². The van der Waals surface area contributed by atoms with E-state index in [1.807, 2.05) is 43.3 Å². The Bertz CT molecular complexity index is 2060. The number of hydrogen-bond donors (Lipinski definition) is 2. The molecule has 0 spiro atoms. The Morgan fingerprint density at radius 1 is 0.975 bits per heavy atom. The van der Waals surface area contributed by atoms with Crippen molar-refractivity contribution in [2.24, 2.45) is 0 Å². The van der Waals surface area contributed by atoms with Gasteiger partial charge in [-0.3, -0.25) is 14.2 Å². The van der Waals surface area contributed by atoms with Crippen molar-refractivity contribution in [2.75, 3.05) is 5.32 Å². The summed E-state index contributed by atoms with van der Waals surface area (Å²) in [6.45, 7) is 1.84. The van der Waals surface area contributed by atoms with Gasteiger partial charge < -0.3 is 10.3 Å². The Labute approximate surface area is 231 Å². The van der Waals surface area contributed by atoms with Gasteiger partial charge in [-0.2, -0.15) is 5.26 Å². The SMILES string of the molecule is C[C@H](Nc1ncnc2[nH]ccc(=O)c12)c1c(Cl)c2cccc(-c3cnc(C#N)nc3)c2c(=O)n1-c1ccccc1. The molecular formula is C29H19ClN8O2. The lowest BCUT2D eigenvalue weighted by Crippen LogP contribution is -2.27. The maximum atomic E-state index is 14.3. The van der Waals surface area contributed by atoms with Crippen LogP contribution in [0.5, 0.6) is 0 Å². The molecule has 0 amide bonds. The molecule has 11 heteroatoms. The highest BCUT2D eigenvalue weighted by molar-refractivity contribution is 6.36. The van der Waals surface area contributed by atoms with E-state index >= 15 is 0 Å². The number of aromatic nitrogens is 6. The molecule has 2 aromatic carbocycles. The fourth-order valence-corrected chi connectivity index (χ4v) is 5.20. The first-order chi connectivity index (χ1) is 19.5. The number of pyridine rings is 2. The third kappa shape index (κ3) is 4.15. The molecule has 0 saturated heterocycles. The van der Waals surface area contributed by atoms with Crippen LogP contribution in [0.25, 0.3) is 38.6 Å². The lowest BCUT2D eigenvalue weighted by atomic mass is 9.99. The minimum atomic E-state index is -0.565. The summed E-state index contributed by atoms with van der Waals surface area (Å²) in [5, 5.41) is 13.9. The molecule has 194 valence electrons. The molecule has 0 aliphatic carbocycles. The van der Waals surface area contributed by atoms with Gasteiger partial charge in [0, 0.05) is 41.3 Å². The van der Waals surface area contributed by atoms with E-state index in [1.54, 1.807) is 22.8 Å². The summed E-state index contributed by atoms with van der Waals surface area (Å²) in [6, 6.07) is 17.3. The molecule has 0 saturated carbocycles. The number of nitrogens with zero attached hydrogens (tertiary/aromatic N) is 6. The molecule has 0 aliphatic rings. The summed E-state index contributed by atoms with van der Waals surface area (Å²) in [5.41, 5.74) is 2.08. The zero-order valence-corrected chi connectivity index (χ0v) is 21.7. The van der Waals surface area contributed by atoms with Crippen molar-refractivity contribution in [1.82, 2.24) is 29.5 Å². The first-order valence-electron chi connectivity index (χ1n) is 12.2. The summed E-state index contributed by atoms with van der Waals surface area (Å²) in [6.07, 6.45) is 5.90. The van der Waals surface area contributed by atoms with E-state index in [0.29, 0.717) is 55.2 Å². The number of benzene rings is 2. The van der Waals surface area contributed by atoms with Crippen molar-refractivity contribution < 1.29 is 0 Å². The standard InChI is InChI=1S/C29H19ClN8O2/c1-16(37-28-24-21(39)10-11-32-27(24)35-15-36-28)26-25(30)20-9-5-8-19(17-13-33-22(12-31)34-14-17)23(20)29(40)38(26)18-6-3-2-4-7-18/h2-11,13-16H,1H3,(H2,32,35,36,37,39)/t16-/m0/s1. The highest BCUT2D eigenvalue weighted by Gasteiger charge is 2.24. The van der Waals surface area contributed by atoms with Crippen molar-refractivity contribution in [3.63, 3.8) is 0 Å². The molecule has 10 nitrogen and oxygen atoms in total. The molecule has 40 heavy (non-hydrogen) atoms. The molecule has 0 fully saturated rings. The van der Waals surface area contributed by atoms with Crippen LogP contribution in [0.15, 0.2) is 89.1 Å². The molecule has 6 rings (SSSR count). The van der Waals surface area contributed by atoms with Crippen LogP contribution in [0.4, 0.5) is 5.82 Å². The molecule has 4 aromatic heterocycles. The van der Waals surface area contributed by atoms with E-state index in [2.05, 4.69) is 30.2 Å². The van der Waals surface area contributed by atoms with Crippen LogP contribution >= 0.6 is 11.6 Å². The van der Waals surface area contributed by atoms with Crippen LogP contribution in [-0.2, 0) is 0 Å². The summed E-state index contributed by atoms with van der Waals surface area (Å²) in [5.74, 6) is 0.341. The van der Waals surface area contributed by atoms with E-state index < -0.39 is 6.04 Å². The van der Waals surface area contributed by atoms with Crippen LogP contribution in [0, 0.1) is 11.3 Å². The van der Waals surface area contributed by atoms with Gasteiger partial charge in [-0.05, 0) is 24.6 Å². The first-order valence-corrected chi connectivity index (χ1v) is 12.6. The molecule has 4 heterocycles. The summed E-state index contributed by atoms with van der Waals surface area (Å²) >= 11 is 7.11. The highest BCUT2D eigenvalue weighted by Crippen LogP contribution is 2.36. The number of rotatable bonds is 5. The maximum absolute atomic E-state index is 14.3. The minimum Gasteiger partial charge on any atom is -0.361 e. The van der Waals surface area contributed by atoms with Crippen LogP contribution in [0.3, 0.4) is 0 Å². The number of fused-ring (bicyclic) bond motifs is 2. The number of para-hydroxylation sites is 1. The van der Waals surface area contributed by atoms with Crippen molar-refractivity contribution in [2.45, 2.75) is 13.0 Å². The van der Waals surface area contributed by atoms with Crippen LogP contribution in [-0.4, -0.2) is 29.5 Å². The fraction of sp³-hybridized carbons (Fsp3) is 0.0690. The largest absolute Gasteiger partial charge is 0.361 e. The highest BCUT2D eigenvalue weighted by atomic mass is 35.5. The maximum Gasteiger partial charge on any atom is 0.263 e. The van der Waals surface area contributed by atoms with Gasteiger partial charge in [-0.25, -0.2) is 19.9 Å². The molecule has 0 radical (unpaired) electrons. The Balaban J connectivity index is 1.61. The molecular weight excluding hydrogens is 528 g/mol. The predicted octanol–water partition coefficient (Wildman–Crippen LogP) is 4.78. The quantitative estimate of drug-likeness (QED) is 0.314. The monoisotopic (exact) mass is 546 g/mol. The Morgan fingerprint density at radius 2 is 1.75 bits per heavy atom. The predicted molar refractivity (Wildman–Crippen MR) is 152 cm³/mol. The molecule has 0 aliphatic heterocycles. The van der Waals surface area contributed by atoms with Gasteiger partial charge in [0.2, 0.25) is 5.82 Å². The molecule has 6 aromatic rings.